The predicted molar refractivity (Wildman–Crippen MR) is 66.6 cm³/mol. The zero-order valence-corrected chi connectivity index (χ0v) is 10.8. The highest BCUT2D eigenvalue weighted by Gasteiger charge is 2.12. The smallest absolute Gasteiger partial charge is 0.146 e. The topological polar surface area (TPSA) is 49.2 Å². The molecule has 6 heteroatoms. The van der Waals surface area contributed by atoms with E-state index in [1.807, 2.05) is 11.6 Å². The van der Waals surface area contributed by atoms with Gasteiger partial charge in [-0.05, 0) is 7.05 Å². The van der Waals surface area contributed by atoms with Crippen molar-refractivity contribution in [3.63, 3.8) is 0 Å². The van der Waals surface area contributed by atoms with Gasteiger partial charge in [-0.1, -0.05) is 0 Å². The van der Waals surface area contributed by atoms with E-state index in [0.717, 1.165) is 25.5 Å². The summed E-state index contributed by atoms with van der Waals surface area (Å²) in [5.74, 6) is 0.989. The number of aromatic nitrogens is 3. The summed E-state index contributed by atoms with van der Waals surface area (Å²) in [6.45, 7) is 7.66. The first-order chi connectivity index (χ1) is 8.25. The molecule has 2 heterocycles. The number of hydrogen-bond donors (Lipinski definition) is 1. The van der Waals surface area contributed by atoms with Crippen LogP contribution in [0.15, 0.2) is 6.33 Å². The van der Waals surface area contributed by atoms with Crippen molar-refractivity contribution in [3.8, 4) is 0 Å². The van der Waals surface area contributed by atoms with Crippen molar-refractivity contribution in [2.24, 2.45) is 7.05 Å². The van der Waals surface area contributed by atoms with Crippen molar-refractivity contribution in [1.82, 2.24) is 29.9 Å². The van der Waals surface area contributed by atoms with Crippen LogP contribution in [0.2, 0.25) is 0 Å². The monoisotopic (exact) mass is 238 g/mol. The maximum absolute atomic E-state index is 4.04. The van der Waals surface area contributed by atoms with Crippen LogP contribution in [-0.2, 0) is 13.6 Å². The quantitative estimate of drug-likeness (QED) is 0.677. The van der Waals surface area contributed by atoms with Crippen LogP contribution >= 0.6 is 0 Å². The van der Waals surface area contributed by atoms with E-state index in [1.54, 1.807) is 6.33 Å². The molecule has 0 bridgehead atoms. The molecule has 1 aromatic rings. The molecule has 1 aliphatic heterocycles. The average Bonchev–Trinajstić information content (AvgIpc) is 2.73. The number of nitrogens with zero attached hydrogens (tertiary/aromatic N) is 5. The van der Waals surface area contributed by atoms with Crippen molar-refractivity contribution in [2.45, 2.75) is 6.54 Å². The fourth-order valence-corrected chi connectivity index (χ4v) is 1.98. The normalized spacial score (nSPS) is 18.7. The van der Waals surface area contributed by atoms with Crippen LogP contribution in [0.5, 0.6) is 0 Å². The second-order valence-electron chi connectivity index (χ2n) is 4.68. The molecule has 0 atom stereocenters. The Morgan fingerprint density at radius 2 is 2.00 bits per heavy atom. The van der Waals surface area contributed by atoms with Crippen molar-refractivity contribution in [2.75, 3.05) is 46.3 Å². The third-order valence-electron chi connectivity index (χ3n) is 3.29. The number of aryl methyl sites for hydroxylation is 1. The van der Waals surface area contributed by atoms with Crippen molar-refractivity contribution < 1.29 is 0 Å². The standard InChI is InChI=1S/C11H22N6/c1-15-5-7-17(8-6-15)4-3-12-9-11-14-13-10-16(11)2/h10,12H,3-9H2,1-2H3. The zero-order valence-electron chi connectivity index (χ0n) is 10.8. The van der Waals surface area contributed by atoms with Crippen LogP contribution in [0.4, 0.5) is 0 Å². The average molecular weight is 238 g/mol. The second kappa shape index (κ2) is 6.09. The van der Waals surface area contributed by atoms with E-state index in [2.05, 4.69) is 32.4 Å². The van der Waals surface area contributed by atoms with E-state index in [9.17, 15) is 0 Å². The maximum Gasteiger partial charge on any atom is 0.146 e. The summed E-state index contributed by atoms with van der Waals surface area (Å²) in [5.41, 5.74) is 0. The number of hydrogen-bond acceptors (Lipinski definition) is 5. The third kappa shape index (κ3) is 3.76. The van der Waals surface area contributed by atoms with Gasteiger partial charge in [0, 0.05) is 46.3 Å². The van der Waals surface area contributed by atoms with Crippen molar-refractivity contribution >= 4 is 0 Å². The van der Waals surface area contributed by atoms with Gasteiger partial charge < -0.3 is 14.8 Å². The lowest BCUT2D eigenvalue weighted by molar-refractivity contribution is 0.154. The fourth-order valence-electron chi connectivity index (χ4n) is 1.98. The van der Waals surface area contributed by atoms with E-state index in [-0.39, 0.29) is 0 Å². The van der Waals surface area contributed by atoms with Gasteiger partial charge in [-0.15, -0.1) is 10.2 Å². The van der Waals surface area contributed by atoms with Gasteiger partial charge in [-0.25, -0.2) is 0 Å². The lowest BCUT2D eigenvalue weighted by Crippen LogP contribution is -2.46. The second-order valence-corrected chi connectivity index (χ2v) is 4.68. The molecule has 1 fully saturated rings. The lowest BCUT2D eigenvalue weighted by Gasteiger charge is -2.32. The van der Waals surface area contributed by atoms with E-state index < -0.39 is 0 Å². The van der Waals surface area contributed by atoms with Crippen LogP contribution in [0.1, 0.15) is 5.82 Å². The van der Waals surface area contributed by atoms with Crippen LogP contribution in [0, 0.1) is 0 Å². The molecule has 2 rings (SSSR count). The predicted octanol–water partition coefficient (Wildman–Crippen LogP) is -0.848. The number of nitrogens with one attached hydrogen (secondary N) is 1. The van der Waals surface area contributed by atoms with Gasteiger partial charge in [0.25, 0.3) is 0 Å². The van der Waals surface area contributed by atoms with Gasteiger partial charge in [0.05, 0.1) is 6.54 Å². The minimum atomic E-state index is 0.796. The van der Waals surface area contributed by atoms with Crippen molar-refractivity contribution in [3.05, 3.63) is 12.2 Å². The highest BCUT2D eigenvalue weighted by Crippen LogP contribution is 1.97. The van der Waals surface area contributed by atoms with Gasteiger partial charge >= 0.3 is 0 Å². The Balaban J connectivity index is 1.59. The molecule has 0 aromatic carbocycles. The van der Waals surface area contributed by atoms with Crippen LogP contribution < -0.4 is 5.32 Å². The van der Waals surface area contributed by atoms with E-state index in [0.29, 0.717) is 0 Å². The van der Waals surface area contributed by atoms with Crippen LogP contribution in [-0.4, -0.2) is 70.9 Å². The highest BCUT2D eigenvalue weighted by molar-refractivity contribution is 4.83. The molecule has 17 heavy (non-hydrogen) atoms. The fraction of sp³-hybridized carbons (Fsp3) is 0.818. The number of rotatable bonds is 5. The van der Waals surface area contributed by atoms with Crippen LogP contribution in [0.3, 0.4) is 0 Å². The molecule has 96 valence electrons. The van der Waals surface area contributed by atoms with Crippen molar-refractivity contribution in [1.29, 1.82) is 0 Å². The Bertz CT molecular complexity index is 328. The minimum Gasteiger partial charge on any atom is -0.320 e. The molecule has 1 saturated heterocycles. The summed E-state index contributed by atoms with van der Waals surface area (Å²) in [4.78, 5) is 4.88. The van der Waals surface area contributed by atoms with Gasteiger partial charge in [-0.3, -0.25) is 4.90 Å². The molecule has 6 nitrogen and oxygen atoms in total. The molecular formula is C11H22N6. The number of piperazine rings is 1. The summed E-state index contributed by atoms with van der Waals surface area (Å²) < 4.78 is 1.95. The maximum atomic E-state index is 4.04. The SMILES string of the molecule is CN1CCN(CCNCc2nncn2C)CC1. The summed E-state index contributed by atoms with van der Waals surface area (Å²) in [5, 5.41) is 11.3. The van der Waals surface area contributed by atoms with Gasteiger partial charge in [0.1, 0.15) is 12.2 Å². The molecule has 0 saturated carbocycles. The van der Waals surface area contributed by atoms with Gasteiger partial charge in [0.2, 0.25) is 0 Å². The Hall–Kier alpha value is -0.980. The largest absolute Gasteiger partial charge is 0.320 e. The first-order valence-corrected chi connectivity index (χ1v) is 6.20. The Kier molecular flexibility index (Phi) is 4.47. The molecule has 0 radical (unpaired) electrons. The first-order valence-electron chi connectivity index (χ1n) is 6.20. The van der Waals surface area contributed by atoms with E-state index in [1.165, 1.54) is 26.2 Å². The summed E-state index contributed by atoms with van der Waals surface area (Å²) >= 11 is 0. The summed E-state index contributed by atoms with van der Waals surface area (Å²) in [6, 6.07) is 0. The molecule has 1 aliphatic rings. The third-order valence-corrected chi connectivity index (χ3v) is 3.29. The first kappa shape index (κ1) is 12.5. The van der Waals surface area contributed by atoms with Crippen LogP contribution in [0.25, 0.3) is 0 Å². The molecule has 0 amide bonds. The molecular weight excluding hydrogens is 216 g/mol. The molecule has 0 spiro atoms. The summed E-state index contributed by atoms with van der Waals surface area (Å²) in [6.07, 6.45) is 1.73. The zero-order chi connectivity index (χ0) is 12.1. The minimum absolute atomic E-state index is 0.796. The van der Waals surface area contributed by atoms with E-state index in [4.69, 9.17) is 0 Å². The Morgan fingerprint density at radius 1 is 1.24 bits per heavy atom. The number of likely N-dealkylation sites (N-methyl/N-ethyl adjacent to an activating group) is 1. The van der Waals surface area contributed by atoms with E-state index >= 15 is 0 Å². The highest BCUT2D eigenvalue weighted by atomic mass is 15.3. The molecule has 1 aromatic heterocycles. The Morgan fingerprint density at radius 3 is 2.65 bits per heavy atom. The lowest BCUT2D eigenvalue weighted by atomic mass is 10.3. The molecule has 0 unspecified atom stereocenters. The summed E-state index contributed by atoms with van der Waals surface area (Å²) in [7, 11) is 4.15. The van der Waals surface area contributed by atoms with Gasteiger partial charge in [0.15, 0.2) is 0 Å². The molecule has 0 aliphatic carbocycles. The molecule has 1 N–H and O–H groups in total. The van der Waals surface area contributed by atoms with Gasteiger partial charge in [-0.2, -0.15) is 0 Å². The Labute approximate surface area is 103 Å².